The summed E-state index contributed by atoms with van der Waals surface area (Å²) in [5, 5.41) is 10.2. The van der Waals surface area contributed by atoms with Crippen LogP contribution in [0.5, 0.6) is 0 Å². The van der Waals surface area contributed by atoms with Crippen molar-refractivity contribution >= 4 is 11.9 Å². The molecule has 10 heavy (non-hydrogen) atoms. The molecule has 4 N–H and O–H groups in total. The molecule has 0 rings (SSSR count). The van der Waals surface area contributed by atoms with E-state index in [0.717, 1.165) is 0 Å². The van der Waals surface area contributed by atoms with Crippen LogP contribution in [0.25, 0.3) is 0 Å². The third-order valence-corrected chi connectivity index (χ3v) is 0.827. The summed E-state index contributed by atoms with van der Waals surface area (Å²) in [7, 11) is 0. The molecule has 5 nitrogen and oxygen atoms in total. The van der Waals surface area contributed by atoms with Gasteiger partial charge in [-0.2, -0.15) is 0 Å². The van der Waals surface area contributed by atoms with Gasteiger partial charge in [0, 0.05) is 0 Å². The first-order valence-corrected chi connectivity index (χ1v) is 2.79. The van der Waals surface area contributed by atoms with Gasteiger partial charge in [-0.15, -0.1) is 0 Å². The zero-order valence-electron chi connectivity index (χ0n) is 5.63. The predicted octanol–water partition coefficient (Wildman–Crippen LogP) is -1.47. The summed E-state index contributed by atoms with van der Waals surface area (Å²) in [6.45, 7) is 1.11. The maximum atomic E-state index is 10.5. The number of carboxylic acids is 1. The highest BCUT2D eigenvalue weighted by Crippen LogP contribution is 1.73. The maximum Gasteiger partial charge on any atom is 0.322 e. The minimum absolute atomic E-state index is 0.375. The van der Waals surface area contributed by atoms with Gasteiger partial charge in [-0.1, -0.05) is 0 Å². The molecule has 0 saturated carbocycles. The lowest BCUT2D eigenvalue weighted by Gasteiger charge is -2.03. The minimum Gasteiger partial charge on any atom is -0.480 e. The first kappa shape index (κ1) is 8.90. The van der Waals surface area contributed by atoms with Crippen molar-refractivity contribution in [3.05, 3.63) is 0 Å². The van der Waals surface area contributed by atoms with Crippen LogP contribution in [0.4, 0.5) is 0 Å². The average molecular weight is 147 g/mol. The van der Waals surface area contributed by atoms with E-state index in [-0.39, 0.29) is 6.54 Å². The highest BCUT2D eigenvalue weighted by Gasteiger charge is 2.07. The van der Waals surface area contributed by atoms with Crippen LogP contribution in [0.1, 0.15) is 6.92 Å². The van der Waals surface area contributed by atoms with Gasteiger partial charge in [0.1, 0.15) is 6.54 Å². The second kappa shape index (κ2) is 3.84. The van der Waals surface area contributed by atoms with Crippen LogP contribution >= 0.6 is 0 Å². The molecule has 0 radical (unpaired) electrons. The molecule has 0 fully saturated rings. The van der Waals surface area contributed by atoms with Crippen LogP contribution in [0.2, 0.25) is 0 Å². The Kier molecular flexibility index (Phi) is 3.42. The number of hydrogen-bond acceptors (Lipinski definition) is 3. The van der Waals surface area contributed by atoms with Gasteiger partial charge in [0.15, 0.2) is 0 Å². The summed E-state index contributed by atoms with van der Waals surface area (Å²) in [5.41, 5.74) is 5.12. The van der Waals surface area contributed by atoms with E-state index in [1.807, 2.05) is 0 Å². The Morgan fingerprint density at radius 1 is 1.70 bits per heavy atom. The molecule has 0 saturated heterocycles. The van der Waals surface area contributed by atoms with Crippen molar-refractivity contribution in [1.82, 2.24) is 5.32 Å². The predicted molar refractivity (Wildman–Crippen MR) is 34.3 cm³/mol. The molecule has 1 amide bonds. The third kappa shape index (κ3) is 3.85. The number of nitrogens with one attached hydrogen (secondary N) is 1. The Morgan fingerprint density at radius 2 is 2.20 bits per heavy atom. The van der Waals surface area contributed by atoms with Crippen LogP contribution in [0, 0.1) is 0 Å². The van der Waals surface area contributed by atoms with E-state index in [0.29, 0.717) is 0 Å². The average Bonchev–Trinajstić information content (AvgIpc) is 1.82. The molecular weight excluding hydrogens is 137 g/mol. The van der Waals surface area contributed by atoms with Crippen molar-refractivity contribution in [1.29, 1.82) is 0 Å². The first-order chi connectivity index (χ1) is 4.54. The van der Waals surface area contributed by atoms with E-state index in [2.05, 4.69) is 5.32 Å². The molecule has 0 aliphatic heterocycles. The van der Waals surface area contributed by atoms with Crippen LogP contribution in [0.15, 0.2) is 0 Å². The van der Waals surface area contributed by atoms with Crippen molar-refractivity contribution < 1.29 is 14.7 Å². The van der Waals surface area contributed by atoms with Gasteiger partial charge in [0.2, 0.25) is 5.91 Å². The quantitative estimate of drug-likeness (QED) is 0.425. The molecule has 58 valence electrons. The monoisotopic (exact) mass is 147 g/mol. The zero-order valence-corrected chi connectivity index (χ0v) is 5.63. The number of rotatable bonds is 3. The lowest BCUT2D eigenvalue weighted by atomic mass is 10.4. The fraction of sp³-hybridized carbons (Fsp3) is 0.600. The van der Waals surface area contributed by atoms with Crippen molar-refractivity contribution in [2.24, 2.45) is 5.73 Å². The molecule has 0 heterocycles. The standard InChI is InChI=1S/C5H10N2O3/c1-3(6)5(10)7-2-4(8)9/h3H,2,6H2,1H3,(H,7,10)(H,8,9)/i7+1. The minimum atomic E-state index is -1.07. The van der Waals surface area contributed by atoms with E-state index in [9.17, 15) is 9.59 Å². The number of nitrogens with two attached hydrogens (primary N) is 1. The molecule has 0 aliphatic rings. The normalized spacial score (nSPS) is 12.2. The molecular formula is C5H10N2O3. The Labute approximate surface area is 58.2 Å². The fourth-order valence-electron chi connectivity index (χ4n) is 0.324. The molecule has 5 heteroatoms. The number of amides is 1. The van der Waals surface area contributed by atoms with Gasteiger partial charge in [-0.3, -0.25) is 9.59 Å². The van der Waals surface area contributed by atoms with Gasteiger partial charge < -0.3 is 16.2 Å². The SMILES string of the molecule is CC(N)C(=O)[15NH]CC(=O)O. The summed E-state index contributed by atoms with van der Waals surface area (Å²) >= 11 is 0. The first-order valence-electron chi connectivity index (χ1n) is 2.79. The molecule has 0 aromatic carbocycles. The highest BCUT2D eigenvalue weighted by atomic mass is 16.4. The van der Waals surface area contributed by atoms with Gasteiger partial charge in [-0.05, 0) is 6.92 Å². The molecule has 1 atom stereocenters. The second-order valence-corrected chi connectivity index (χ2v) is 1.90. The third-order valence-electron chi connectivity index (χ3n) is 0.827. The van der Waals surface area contributed by atoms with E-state index in [4.69, 9.17) is 10.8 Å². The molecule has 0 aromatic rings. The van der Waals surface area contributed by atoms with Crippen molar-refractivity contribution in [3.8, 4) is 0 Å². The van der Waals surface area contributed by atoms with E-state index in [1.165, 1.54) is 6.92 Å². The Bertz CT molecular complexity index is 144. The van der Waals surface area contributed by atoms with Crippen LogP contribution in [0.3, 0.4) is 0 Å². The van der Waals surface area contributed by atoms with Crippen molar-refractivity contribution in [2.45, 2.75) is 13.0 Å². The molecule has 0 spiro atoms. The van der Waals surface area contributed by atoms with Crippen molar-refractivity contribution in [2.75, 3.05) is 6.54 Å². The molecule has 0 aliphatic carbocycles. The number of hydrogen-bond donors (Lipinski definition) is 3. The summed E-state index contributed by atoms with van der Waals surface area (Å²) in [6, 6.07) is -0.653. The summed E-state index contributed by atoms with van der Waals surface area (Å²) in [6.07, 6.45) is 0. The second-order valence-electron chi connectivity index (χ2n) is 1.90. The molecule has 0 bridgehead atoms. The summed E-state index contributed by atoms with van der Waals surface area (Å²) in [5.74, 6) is -1.53. The van der Waals surface area contributed by atoms with Crippen LogP contribution < -0.4 is 11.1 Å². The Hall–Kier alpha value is -1.10. The zero-order chi connectivity index (χ0) is 8.15. The fourth-order valence-corrected chi connectivity index (χ4v) is 0.324. The van der Waals surface area contributed by atoms with E-state index in [1.54, 1.807) is 0 Å². The topological polar surface area (TPSA) is 92.4 Å². The number of carboxylic acid groups (broad SMARTS) is 1. The lowest BCUT2D eigenvalue weighted by Crippen LogP contribution is -2.40. The van der Waals surface area contributed by atoms with Gasteiger partial charge in [0.25, 0.3) is 0 Å². The van der Waals surface area contributed by atoms with Gasteiger partial charge in [0.05, 0.1) is 6.04 Å². The Balaban J connectivity index is 3.50. The van der Waals surface area contributed by atoms with Gasteiger partial charge in [-0.25, -0.2) is 0 Å². The van der Waals surface area contributed by atoms with Crippen LogP contribution in [-0.2, 0) is 9.59 Å². The molecule has 1 unspecified atom stereocenters. The molecule has 0 aromatic heterocycles. The lowest BCUT2D eigenvalue weighted by molar-refractivity contribution is -0.138. The summed E-state index contributed by atoms with van der Waals surface area (Å²) < 4.78 is 0. The van der Waals surface area contributed by atoms with Crippen molar-refractivity contribution in [3.63, 3.8) is 0 Å². The number of carbonyl (C=O) groups excluding carboxylic acids is 1. The number of carbonyl (C=O) groups is 2. The maximum absolute atomic E-state index is 10.5. The van der Waals surface area contributed by atoms with Gasteiger partial charge >= 0.3 is 5.97 Å². The summed E-state index contributed by atoms with van der Waals surface area (Å²) in [4.78, 5) is 20.4. The smallest absolute Gasteiger partial charge is 0.322 e. The largest absolute Gasteiger partial charge is 0.480 e. The van der Waals surface area contributed by atoms with E-state index >= 15 is 0 Å². The van der Waals surface area contributed by atoms with Crippen LogP contribution in [-0.4, -0.2) is 29.6 Å². The number of aliphatic carboxylic acids is 1. The Morgan fingerprint density at radius 3 is 2.50 bits per heavy atom. The van der Waals surface area contributed by atoms with E-state index < -0.39 is 17.9 Å². The highest BCUT2D eigenvalue weighted by molar-refractivity contribution is 5.84.